The summed E-state index contributed by atoms with van der Waals surface area (Å²) in [6.45, 7) is 0. The molecular formula is C5H2Cl2INO2S. The van der Waals surface area contributed by atoms with Crippen molar-refractivity contribution in [1.82, 2.24) is 4.98 Å². The van der Waals surface area contributed by atoms with Crippen molar-refractivity contribution in [2.24, 2.45) is 0 Å². The fourth-order valence-electron chi connectivity index (χ4n) is 0.530. The molecule has 0 aliphatic heterocycles. The van der Waals surface area contributed by atoms with E-state index in [9.17, 15) is 8.42 Å². The van der Waals surface area contributed by atoms with E-state index >= 15 is 0 Å². The Morgan fingerprint density at radius 2 is 2.08 bits per heavy atom. The van der Waals surface area contributed by atoms with Gasteiger partial charge in [0.25, 0.3) is 9.05 Å². The molecule has 0 bridgehead atoms. The molecule has 3 nitrogen and oxygen atoms in total. The van der Waals surface area contributed by atoms with Crippen LogP contribution < -0.4 is 0 Å². The van der Waals surface area contributed by atoms with E-state index in [1.54, 1.807) is 0 Å². The molecule has 0 aliphatic carbocycles. The minimum absolute atomic E-state index is 0.182. The fraction of sp³-hybridized carbons (Fsp3) is 0. The van der Waals surface area contributed by atoms with Crippen LogP contribution in [-0.2, 0) is 9.05 Å². The van der Waals surface area contributed by atoms with Crippen LogP contribution >= 0.6 is 44.9 Å². The molecule has 1 rings (SSSR count). The van der Waals surface area contributed by atoms with Crippen LogP contribution in [0.1, 0.15) is 0 Å². The quantitative estimate of drug-likeness (QED) is 0.583. The van der Waals surface area contributed by atoms with E-state index in [1.807, 2.05) is 22.6 Å². The molecule has 0 spiro atoms. The summed E-state index contributed by atoms with van der Waals surface area (Å²) in [6.07, 6.45) is 1.25. The number of pyridine rings is 1. The highest BCUT2D eigenvalue weighted by Crippen LogP contribution is 2.21. The van der Waals surface area contributed by atoms with E-state index in [-0.39, 0.29) is 5.03 Å². The van der Waals surface area contributed by atoms with Crippen molar-refractivity contribution >= 4 is 53.9 Å². The monoisotopic (exact) mass is 337 g/mol. The third-order valence-electron chi connectivity index (χ3n) is 1.03. The van der Waals surface area contributed by atoms with Crippen molar-refractivity contribution in [1.29, 1.82) is 0 Å². The molecule has 0 amide bonds. The van der Waals surface area contributed by atoms with Crippen molar-refractivity contribution < 1.29 is 8.42 Å². The van der Waals surface area contributed by atoms with E-state index in [0.717, 1.165) is 0 Å². The number of hydrogen-bond acceptors (Lipinski definition) is 3. The zero-order chi connectivity index (χ0) is 9.35. The van der Waals surface area contributed by atoms with E-state index in [2.05, 4.69) is 4.98 Å². The third kappa shape index (κ3) is 2.45. The first-order valence-corrected chi connectivity index (χ1v) is 6.43. The second kappa shape index (κ2) is 3.65. The molecule has 0 aromatic carbocycles. The highest BCUT2D eigenvalue weighted by atomic mass is 127. The van der Waals surface area contributed by atoms with Gasteiger partial charge in [0, 0.05) is 20.4 Å². The predicted molar refractivity (Wildman–Crippen MR) is 55.0 cm³/mol. The lowest BCUT2D eigenvalue weighted by Crippen LogP contribution is -1.95. The zero-order valence-electron chi connectivity index (χ0n) is 5.46. The van der Waals surface area contributed by atoms with Gasteiger partial charge in [0.05, 0.1) is 5.02 Å². The molecule has 0 atom stereocenters. The minimum atomic E-state index is -3.74. The maximum Gasteiger partial charge on any atom is 0.278 e. The van der Waals surface area contributed by atoms with Crippen LogP contribution in [0.5, 0.6) is 0 Å². The van der Waals surface area contributed by atoms with Gasteiger partial charge in [-0.1, -0.05) is 11.6 Å². The average Bonchev–Trinajstić information content (AvgIpc) is 1.92. The Bertz CT molecular complexity index is 406. The maximum atomic E-state index is 10.8. The van der Waals surface area contributed by atoms with Crippen LogP contribution in [0.15, 0.2) is 17.3 Å². The number of aromatic nitrogens is 1. The third-order valence-corrected chi connectivity index (χ3v) is 3.74. The lowest BCUT2D eigenvalue weighted by molar-refractivity contribution is 0.606. The summed E-state index contributed by atoms with van der Waals surface area (Å²) in [5, 5.41) is 0.220. The maximum absolute atomic E-state index is 10.8. The summed E-state index contributed by atoms with van der Waals surface area (Å²) in [7, 11) is 1.30. The first-order valence-electron chi connectivity index (χ1n) is 2.67. The van der Waals surface area contributed by atoms with E-state index in [0.29, 0.717) is 8.59 Å². The zero-order valence-corrected chi connectivity index (χ0v) is 9.95. The van der Waals surface area contributed by atoms with Crippen LogP contribution in [0.2, 0.25) is 5.02 Å². The van der Waals surface area contributed by atoms with Crippen molar-refractivity contribution in [3.63, 3.8) is 0 Å². The fourth-order valence-corrected chi connectivity index (χ4v) is 1.97. The van der Waals surface area contributed by atoms with Crippen molar-refractivity contribution in [3.05, 3.63) is 20.9 Å². The SMILES string of the molecule is O=S(=O)(Cl)c1cc(I)c(Cl)cn1. The van der Waals surface area contributed by atoms with Crippen molar-refractivity contribution in [2.75, 3.05) is 0 Å². The molecular weight excluding hydrogens is 336 g/mol. The number of halogens is 3. The van der Waals surface area contributed by atoms with Crippen LogP contribution in [0.25, 0.3) is 0 Å². The van der Waals surface area contributed by atoms with Gasteiger partial charge in [0.1, 0.15) is 0 Å². The van der Waals surface area contributed by atoms with Gasteiger partial charge in [-0.15, -0.1) is 0 Å². The molecule has 1 aromatic rings. The van der Waals surface area contributed by atoms with Crippen LogP contribution in [-0.4, -0.2) is 13.4 Å². The lowest BCUT2D eigenvalue weighted by atomic mass is 10.5. The molecule has 0 N–H and O–H groups in total. The summed E-state index contributed by atoms with van der Waals surface area (Å²) in [5.74, 6) is 0. The van der Waals surface area contributed by atoms with Gasteiger partial charge in [-0.3, -0.25) is 0 Å². The second-order valence-corrected chi connectivity index (χ2v) is 5.96. The highest BCUT2D eigenvalue weighted by molar-refractivity contribution is 14.1. The number of hydrogen-bond donors (Lipinski definition) is 0. The largest absolute Gasteiger partial charge is 0.278 e. The molecule has 0 unspecified atom stereocenters. The van der Waals surface area contributed by atoms with Gasteiger partial charge >= 0.3 is 0 Å². The Morgan fingerprint density at radius 3 is 2.50 bits per heavy atom. The molecule has 0 aliphatic rings. The summed E-state index contributed by atoms with van der Waals surface area (Å²) >= 11 is 7.52. The van der Waals surface area contributed by atoms with Crippen LogP contribution in [0, 0.1) is 3.57 Å². The Kier molecular flexibility index (Phi) is 3.19. The number of rotatable bonds is 1. The molecule has 1 heterocycles. The van der Waals surface area contributed by atoms with Crippen molar-refractivity contribution in [3.8, 4) is 0 Å². The Morgan fingerprint density at radius 1 is 1.50 bits per heavy atom. The topological polar surface area (TPSA) is 47.0 Å². The Hall–Kier alpha value is 0.410. The standard InChI is InChI=1S/C5H2Cl2INO2S/c6-3-2-9-5(1-4(3)8)12(7,10)11/h1-2H. The number of nitrogens with zero attached hydrogens (tertiary/aromatic N) is 1. The Balaban J connectivity index is 3.33. The molecule has 0 saturated carbocycles. The summed E-state index contributed by atoms with van der Waals surface area (Å²) < 4.78 is 22.1. The van der Waals surface area contributed by atoms with E-state index < -0.39 is 9.05 Å². The first-order chi connectivity index (χ1) is 5.41. The van der Waals surface area contributed by atoms with E-state index in [4.69, 9.17) is 22.3 Å². The molecule has 0 radical (unpaired) electrons. The molecule has 7 heteroatoms. The molecule has 0 fully saturated rings. The van der Waals surface area contributed by atoms with Gasteiger partial charge in [-0.25, -0.2) is 13.4 Å². The molecule has 0 saturated heterocycles. The highest BCUT2D eigenvalue weighted by Gasteiger charge is 2.12. The summed E-state index contributed by atoms with van der Waals surface area (Å²) in [6, 6.07) is 1.31. The van der Waals surface area contributed by atoms with Gasteiger partial charge in [-0.2, -0.15) is 0 Å². The van der Waals surface area contributed by atoms with Crippen LogP contribution in [0.3, 0.4) is 0 Å². The predicted octanol–water partition coefficient (Wildman–Crippen LogP) is 2.27. The van der Waals surface area contributed by atoms with Gasteiger partial charge in [0.15, 0.2) is 5.03 Å². The lowest BCUT2D eigenvalue weighted by Gasteiger charge is -1.97. The summed E-state index contributed by atoms with van der Waals surface area (Å²) in [5.41, 5.74) is 0. The molecule has 1 aromatic heterocycles. The molecule has 12 heavy (non-hydrogen) atoms. The van der Waals surface area contributed by atoms with Gasteiger partial charge in [-0.05, 0) is 28.7 Å². The summed E-state index contributed by atoms with van der Waals surface area (Å²) in [4.78, 5) is 3.55. The molecule has 66 valence electrons. The normalized spacial score (nSPS) is 11.6. The smallest absolute Gasteiger partial charge is 0.242 e. The second-order valence-electron chi connectivity index (χ2n) is 1.87. The first kappa shape index (κ1) is 10.5. The Labute approximate surface area is 92.6 Å². The average molecular weight is 338 g/mol. The minimum Gasteiger partial charge on any atom is -0.242 e. The van der Waals surface area contributed by atoms with E-state index in [1.165, 1.54) is 12.3 Å². The van der Waals surface area contributed by atoms with Gasteiger partial charge in [0.2, 0.25) is 0 Å². The van der Waals surface area contributed by atoms with Gasteiger partial charge < -0.3 is 0 Å². The van der Waals surface area contributed by atoms with Crippen molar-refractivity contribution in [2.45, 2.75) is 5.03 Å². The van der Waals surface area contributed by atoms with Crippen LogP contribution in [0.4, 0.5) is 0 Å².